The summed E-state index contributed by atoms with van der Waals surface area (Å²) in [7, 11) is 5.41. The number of nitrogens with zero attached hydrogens (tertiary/aromatic N) is 2. The van der Waals surface area contributed by atoms with Gasteiger partial charge in [0, 0.05) is 32.1 Å². The summed E-state index contributed by atoms with van der Waals surface area (Å²) in [6.45, 7) is 0. The van der Waals surface area contributed by atoms with Gasteiger partial charge in [-0.2, -0.15) is 0 Å². The van der Waals surface area contributed by atoms with Crippen molar-refractivity contribution in [2.24, 2.45) is 5.41 Å². The largest absolute Gasteiger partial charge is 0.466 e. The molecule has 192 valence electrons. The first-order chi connectivity index (χ1) is 17.9. The zero-order chi connectivity index (χ0) is 26.3. The van der Waals surface area contributed by atoms with Crippen molar-refractivity contribution >= 4 is 29.5 Å². The molecule has 6 heteroatoms. The lowest BCUT2D eigenvalue weighted by molar-refractivity contribution is -0.134. The summed E-state index contributed by atoms with van der Waals surface area (Å²) in [5.74, 6) is 0.0655. The Balaban J connectivity index is 1.49. The Labute approximate surface area is 219 Å². The molecule has 0 atom stereocenters. The highest BCUT2D eigenvalue weighted by atomic mass is 16.5. The van der Waals surface area contributed by atoms with Gasteiger partial charge in [-0.15, -0.1) is 0 Å². The zero-order valence-electron chi connectivity index (χ0n) is 21.9. The quantitative estimate of drug-likeness (QED) is 0.299. The highest BCUT2D eigenvalue weighted by Crippen LogP contribution is 2.40. The van der Waals surface area contributed by atoms with Crippen LogP contribution in [0.4, 0.5) is 11.5 Å². The molecule has 1 aromatic heterocycles. The minimum Gasteiger partial charge on any atom is -0.466 e. The Kier molecular flexibility index (Phi) is 8.39. The molecule has 0 aliphatic heterocycles. The maximum atomic E-state index is 13.6. The third-order valence-electron chi connectivity index (χ3n) is 7.14. The van der Waals surface area contributed by atoms with E-state index in [4.69, 9.17) is 0 Å². The van der Waals surface area contributed by atoms with E-state index in [1.807, 2.05) is 14.1 Å². The Hall–Kier alpha value is -3.93. The third-order valence-corrected chi connectivity index (χ3v) is 7.14. The summed E-state index contributed by atoms with van der Waals surface area (Å²) < 4.78 is 4.65. The van der Waals surface area contributed by atoms with Gasteiger partial charge in [-0.3, -0.25) is 4.79 Å². The number of hydrogen-bond acceptors (Lipinski definition) is 5. The number of anilines is 2. The minimum atomic E-state index is -0.466. The lowest BCUT2D eigenvalue weighted by Crippen LogP contribution is -2.40. The molecule has 37 heavy (non-hydrogen) atoms. The highest BCUT2D eigenvalue weighted by Gasteiger charge is 2.39. The van der Waals surface area contributed by atoms with E-state index in [1.54, 1.807) is 24.4 Å². The van der Waals surface area contributed by atoms with E-state index in [0.717, 1.165) is 48.8 Å². The number of carbonyl (C=O) groups excluding carboxylic acids is 2. The van der Waals surface area contributed by atoms with E-state index in [1.165, 1.54) is 24.4 Å². The van der Waals surface area contributed by atoms with Gasteiger partial charge in [0.05, 0.1) is 12.5 Å². The second-order valence-electron chi connectivity index (χ2n) is 9.94. The minimum absolute atomic E-state index is 0.0112. The van der Waals surface area contributed by atoms with Gasteiger partial charge in [-0.25, -0.2) is 9.78 Å². The number of methoxy groups -OCH3 is 1. The summed E-state index contributed by atoms with van der Waals surface area (Å²) in [6, 6.07) is 20.7. The van der Waals surface area contributed by atoms with Crippen LogP contribution in [0.25, 0.3) is 17.2 Å². The van der Waals surface area contributed by atoms with Crippen molar-refractivity contribution in [2.45, 2.75) is 38.5 Å². The van der Waals surface area contributed by atoms with Crippen LogP contribution in [-0.2, 0) is 20.7 Å². The summed E-state index contributed by atoms with van der Waals surface area (Å²) in [5, 5.41) is 3.06. The molecule has 0 saturated heterocycles. The molecule has 4 rings (SSSR count). The van der Waals surface area contributed by atoms with Crippen LogP contribution in [0.3, 0.4) is 0 Å². The first kappa shape index (κ1) is 26.1. The number of carbonyl (C=O) groups is 2. The number of pyridine rings is 1. The molecular weight excluding hydrogens is 462 g/mol. The summed E-state index contributed by atoms with van der Waals surface area (Å²) in [5.41, 5.74) is 4.97. The fraction of sp³-hybridized carbons (Fsp3) is 0.323. The van der Waals surface area contributed by atoms with Gasteiger partial charge in [0.2, 0.25) is 5.91 Å². The van der Waals surface area contributed by atoms with Crippen molar-refractivity contribution < 1.29 is 14.3 Å². The average molecular weight is 498 g/mol. The van der Waals surface area contributed by atoms with Crippen molar-refractivity contribution in [1.82, 2.24) is 4.98 Å². The molecule has 3 aromatic rings. The lowest BCUT2D eigenvalue weighted by atomic mass is 9.69. The van der Waals surface area contributed by atoms with Gasteiger partial charge in [0.1, 0.15) is 5.82 Å². The number of hydrogen-bond donors (Lipinski definition) is 1. The van der Waals surface area contributed by atoms with Crippen LogP contribution in [-0.4, -0.2) is 38.1 Å². The predicted molar refractivity (Wildman–Crippen MR) is 149 cm³/mol. The first-order valence-electron chi connectivity index (χ1n) is 12.8. The third kappa shape index (κ3) is 6.64. The molecule has 1 fully saturated rings. The van der Waals surface area contributed by atoms with E-state index in [-0.39, 0.29) is 5.91 Å². The maximum Gasteiger partial charge on any atom is 0.330 e. The molecule has 0 spiro atoms. The summed E-state index contributed by atoms with van der Waals surface area (Å²) in [4.78, 5) is 31.5. The Morgan fingerprint density at radius 1 is 0.973 bits per heavy atom. The second-order valence-corrected chi connectivity index (χ2v) is 9.94. The van der Waals surface area contributed by atoms with Crippen LogP contribution < -0.4 is 10.2 Å². The van der Waals surface area contributed by atoms with E-state index in [0.29, 0.717) is 12.2 Å². The van der Waals surface area contributed by atoms with Gasteiger partial charge >= 0.3 is 5.97 Å². The second kappa shape index (κ2) is 11.9. The smallest absolute Gasteiger partial charge is 0.330 e. The lowest BCUT2D eigenvalue weighted by Gasteiger charge is -2.36. The molecule has 1 aliphatic rings. The van der Waals surface area contributed by atoms with Crippen molar-refractivity contribution in [3.05, 3.63) is 84.1 Å². The van der Waals surface area contributed by atoms with Gasteiger partial charge < -0.3 is 15.0 Å². The summed E-state index contributed by atoms with van der Waals surface area (Å²) >= 11 is 0. The molecule has 1 aliphatic carbocycles. The van der Waals surface area contributed by atoms with E-state index in [9.17, 15) is 9.59 Å². The first-order valence-corrected chi connectivity index (χ1v) is 12.8. The molecule has 1 saturated carbocycles. The summed E-state index contributed by atoms with van der Waals surface area (Å²) in [6.07, 6.45) is 10.3. The van der Waals surface area contributed by atoms with Gasteiger partial charge in [-0.05, 0) is 71.9 Å². The van der Waals surface area contributed by atoms with Crippen LogP contribution in [0.1, 0.15) is 43.2 Å². The van der Waals surface area contributed by atoms with Crippen LogP contribution in [0.2, 0.25) is 0 Å². The zero-order valence-corrected chi connectivity index (χ0v) is 21.9. The molecular formula is C31H35N3O3. The van der Waals surface area contributed by atoms with Crippen molar-refractivity contribution in [2.75, 3.05) is 31.4 Å². The number of amides is 1. The van der Waals surface area contributed by atoms with Gasteiger partial charge in [-0.1, -0.05) is 55.7 Å². The molecule has 1 N–H and O–H groups in total. The standard InChI is InChI=1S/C31H35N3O3/c1-34(2)27-14-12-26(13-15-27)25-10-7-24(8-11-25)22-31(18-5-4-6-19-31)30(36)33-28-21-23(17-20-32-28)9-16-29(35)37-3/h7-17,20-21H,4-6,18-19,22H2,1-3H3,(H,32,33,36)/b16-9+. The molecule has 1 amide bonds. The molecule has 6 nitrogen and oxygen atoms in total. The molecule has 0 unspecified atom stereocenters. The fourth-order valence-electron chi connectivity index (χ4n) is 4.97. The van der Waals surface area contributed by atoms with Crippen molar-refractivity contribution in [3.8, 4) is 11.1 Å². The van der Waals surface area contributed by atoms with Gasteiger partial charge in [0.25, 0.3) is 0 Å². The monoisotopic (exact) mass is 497 g/mol. The normalized spacial score (nSPS) is 14.8. The SMILES string of the molecule is COC(=O)/C=C/c1ccnc(NC(=O)C2(Cc3ccc(-c4ccc(N(C)C)cc4)cc3)CCCCC2)c1. The Morgan fingerprint density at radius 2 is 1.62 bits per heavy atom. The number of aromatic nitrogens is 1. The molecule has 1 heterocycles. The maximum absolute atomic E-state index is 13.6. The average Bonchev–Trinajstić information content (AvgIpc) is 2.93. The van der Waals surface area contributed by atoms with Crippen molar-refractivity contribution in [3.63, 3.8) is 0 Å². The Morgan fingerprint density at radius 3 is 2.24 bits per heavy atom. The highest BCUT2D eigenvalue weighted by molar-refractivity contribution is 5.95. The van der Waals surface area contributed by atoms with Crippen LogP contribution in [0.15, 0.2) is 72.9 Å². The van der Waals surface area contributed by atoms with Crippen LogP contribution in [0.5, 0.6) is 0 Å². The molecule has 0 bridgehead atoms. The topological polar surface area (TPSA) is 71.5 Å². The van der Waals surface area contributed by atoms with Gasteiger partial charge in [0.15, 0.2) is 0 Å². The number of esters is 1. The van der Waals surface area contributed by atoms with E-state index < -0.39 is 11.4 Å². The van der Waals surface area contributed by atoms with Crippen molar-refractivity contribution in [1.29, 1.82) is 0 Å². The molecule has 0 radical (unpaired) electrons. The number of ether oxygens (including phenoxy) is 1. The fourth-order valence-corrected chi connectivity index (χ4v) is 4.97. The number of rotatable bonds is 8. The number of nitrogens with one attached hydrogen (secondary N) is 1. The molecule has 2 aromatic carbocycles. The Bertz CT molecular complexity index is 1240. The van der Waals surface area contributed by atoms with E-state index >= 15 is 0 Å². The van der Waals surface area contributed by atoms with Crippen LogP contribution >= 0.6 is 0 Å². The predicted octanol–water partition coefficient (Wildman–Crippen LogP) is 6.13. The van der Waals surface area contributed by atoms with Crippen LogP contribution in [0, 0.1) is 5.41 Å². The van der Waals surface area contributed by atoms with E-state index in [2.05, 4.69) is 68.5 Å². The number of benzene rings is 2.